The van der Waals surface area contributed by atoms with E-state index < -0.39 is 0 Å². The second kappa shape index (κ2) is 13.6. The molecule has 0 aliphatic heterocycles. The second-order valence-electron chi connectivity index (χ2n) is 14.1. The van der Waals surface area contributed by atoms with Crippen LogP contribution in [-0.2, 0) is 0 Å². The molecule has 0 aliphatic rings. The number of imidazole rings is 1. The lowest BCUT2D eigenvalue weighted by atomic mass is 9.96. The molecular formula is C52H37N3. The van der Waals surface area contributed by atoms with E-state index in [-0.39, 0.29) is 0 Å². The van der Waals surface area contributed by atoms with Gasteiger partial charge in [0.2, 0.25) is 0 Å². The number of hydrogen-bond donors (Lipinski definition) is 0. The van der Waals surface area contributed by atoms with E-state index in [1.165, 1.54) is 32.3 Å². The predicted molar refractivity (Wildman–Crippen MR) is 233 cm³/mol. The first-order chi connectivity index (χ1) is 27.2. The zero-order valence-corrected chi connectivity index (χ0v) is 30.5. The first-order valence-corrected chi connectivity index (χ1v) is 18.8. The fourth-order valence-electron chi connectivity index (χ4n) is 8.07. The maximum atomic E-state index is 5.54. The molecule has 55 heavy (non-hydrogen) atoms. The fraction of sp³-hybridized carbons (Fsp3) is 0.0192. The number of aryl methyl sites for hydroxylation is 1. The molecule has 0 radical (unpaired) electrons. The number of rotatable bonds is 5. The number of fused-ring (bicyclic) bond motifs is 6. The van der Waals surface area contributed by atoms with Crippen LogP contribution in [-0.4, -0.2) is 9.38 Å². The smallest absolute Gasteiger partial charge is 0.138 e. The van der Waals surface area contributed by atoms with Crippen LogP contribution in [0, 0.1) is 6.92 Å². The molecular weight excluding hydrogens is 667 g/mol. The van der Waals surface area contributed by atoms with Crippen molar-refractivity contribution in [2.45, 2.75) is 6.92 Å². The molecule has 0 saturated carbocycles. The minimum Gasteiger partial charge on any atom is -0.308 e. The number of para-hydroxylation sites is 1. The summed E-state index contributed by atoms with van der Waals surface area (Å²) in [7, 11) is 0. The lowest BCUT2D eigenvalue weighted by molar-refractivity contribution is 1.19. The SMILES string of the molecule is Cc1cccccc(-c2ccc3ccccc3c2)c2c(nc3ccc(N(c4ccccc4)c4cccc5ccccc45)cn32)c1-c1ccc2ccccc2c1. The van der Waals surface area contributed by atoms with Gasteiger partial charge in [0.05, 0.1) is 22.4 Å². The van der Waals surface area contributed by atoms with Gasteiger partial charge in [0.25, 0.3) is 0 Å². The van der Waals surface area contributed by atoms with Crippen molar-refractivity contribution in [1.29, 1.82) is 0 Å². The van der Waals surface area contributed by atoms with Crippen molar-refractivity contribution in [3.8, 4) is 22.3 Å². The van der Waals surface area contributed by atoms with Gasteiger partial charge >= 0.3 is 0 Å². The molecule has 2 heterocycles. The summed E-state index contributed by atoms with van der Waals surface area (Å²) >= 11 is 0. The number of benzene rings is 7. The number of hydrogen-bond acceptors (Lipinski definition) is 2. The molecule has 3 nitrogen and oxygen atoms in total. The summed E-state index contributed by atoms with van der Waals surface area (Å²) in [5.74, 6) is 0. The Bertz CT molecular complexity index is 3120. The molecule has 0 amide bonds. The summed E-state index contributed by atoms with van der Waals surface area (Å²) in [4.78, 5) is 7.90. The van der Waals surface area contributed by atoms with Gasteiger partial charge in [-0.05, 0) is 93.0 Å². The highest BCUT2D eigenvalue weighted by molar-refractivity contribution is 6.05. The highest BCUT2D eigenvalue weighted by Crippen LogP contribution is 2.41. The van der Waals surface area contributed by atoms with E-state index in [0.29, 0.717) is 0 Å². The molecule has 0 saturated heterocycles. The van der Waals surface area contributed by atoms with Crippen molar-refractivity contribution < 1.29 is 0 Å². The Morgan fingerprint density at radius 2 is 1.05 bits per heavy atom. The van der Waals surface area contributed by atoms with Crippen molar-refractivity contribution >= 4 is 66.1 Å². The van der Waals surface area contributed by atoms with Crippen LogP contribution in [0.4, 0.5) is 17.1 Å². The molecule has 0 aliphatic carbocycles. The Labute approximate surface area is 320 Å². The summed E-state index contributed by atoms with van der Waals surface area (Å²) in [6.45, 7) is 2.20. The van der Waals surface area contributed by atoms with Gasteiger partial charge in [0.15, 0.2) is 0 Å². The molecule has 8 aromatic carbocycles. The average molecular weight is 704 g/mol. The average Bonchev–Trinajstić information content (AvgIpc) is 3.60. The van der Waals surface area contributed by atoms with Crippen molar-refractivity contribution in [2.75, 3.05) is 4.90 Å². The zero-order chi connectivity index (χ0) is 36.7. The van der Waals surface area contributed by atoms with Gasteiger partial charge in [0, 0.05) is 28.4 Å². The summed E-state index contributed by atoms with van der Waals surface area (Å²) < 4.78 is 2.31. The first kappa shape index (κ1) is 32.4. The third-order valence-corrected chi connectivity index (χ3v) is 10.7. The summed E-state index contributed by atoms with van der Waals surface area (Å²) in [5, 5.41) is 7.22. The van der Waals surface area contributed by atoms with Crippen molar-refractivity contribution in [3.63, 3.8) is 0 Å². The molecule has 10 rings (SSSR count). The molecule has 2 aromatic heterocycles. The fourth-order valence-corrected chi connectivity index (χ4v) is 8.07. The summed E-state index contributed by atoms with van der Waals surface area (Å²) in [6.07, 6.45) is 2.27. The summed E-state index contributed by atoms with van der Waals surface area (Å²) in [6, 6.07) is 71.7. The summed E-state index contributed by atoms with van der Waals surface area (Å²) in [5.41, 5.74) is 11.7. The molecule has 0 fully saturated rings. The van der Waals surface area contributed by atoms with E-state index in [1.807, 2.05) is 0 Å². The van der Waals surface area contributed by atoms with Gasteiger partial charge in [-0.3, -0.25) is 4.40 Å². The topological polar surface area (TPSA) is 20.5 Å². The number of pyridine rings is 1. The molecule has 10 aromatic rings. The zero-order valence-electron chi connectivity index (χ0n) is 30.5. The van der Waals surface area contributed by atoms with Gasteiger partial charge in [-0.15, -0.1) is 0 Å². The first-order valence-electron chi connectivity index (χ1n) is 18.8. The second-order valence-corrected chi connectivity index (χ2v) is 14.1. The maximum absolute atomic E-state index is 5.54. The van der Waals surface area contributed by atoms with E-state index in [4.69, 9.17) is 4.98 Å². The molecule has 0 atom stereocenters. The molecule has 0 unspecified atom stereocenters. The van der Waals surface area contributed by atoms with Gasteiger partial charge in [-0.25, -0.2) is 4.98 Å². The van der Waals surface area contributed by atoms with Crippen LogP contribution in [0.5, 0.6) is 0 Å². The minimum absolute atomic E-state index is 0.879. The Hall–Kier alpha value is -7.23. The molecule has 0 bridgehead atoms. The molecule has 260 valence electrons. The van der Waals surface area contributed by atoms with Crippen molar-refractivity contribution in [1.82, 2.24) is 9.38 Å². The molecule has 3 heteroatoms. The van der Waals surface area contributed by atoms with Crippen LogP contribution >= 0.6 is 0 Å². The van der Waals surface area contributed by atoms with Crippen LogP contribution in [0.15, 0.2) is 206 Å². The standard InChI is InChI=1S/C52H37N3/c1-36-15-4-2-7-25-47(42-29-27-37-16-8-10-19-40(37)33-42)52-51(50(36)43-30-28-38-17-9-11-20-41(38)34-43)53-49-32-31-45(35-54(49)52)55(44-22-5-3-6-23-44)48-26-14-21-39-18-12-13-24-46(39)48/h2-35H,1H3. The highest BCUT2D eigenvalue weighted by atomic mass is 15.2. The maximum Gasteiger partial charge on any atom is 0.138 e. The lowest BCUT2D eigenvalue weighted by Gasteiger charge is -2.27. The van der Waals surface area contributed by atoms with E-state index in [2.05, 4.69) is 223 Å². The third-order valence-electron chi connectivity index (χ3n) is 10.7. The Morgan fingerprint density at radius 1 is 0.455 bits per heavy atom. The largest absolute Gasteiger partial charge is 0.308 e. The Kier molecular flexibility index (Phi) is 8.04. The van der Waals surface area contributed by atoms with Gasteiger partial charge in [-0.2, -0.15) is 0 Å². The lowest BCUT2D eigenvalue weighted by Crippen LogP contribution is -2.11. The van der Waals surface area contributed by atoms with Crippen LogP contribution in [0.3, 0.4) is 0 Å². The van der Waals surface area contributed by atoms with Gasteiger partial charge < -0.3 is 4.90 Å². The quantitative estimate of drug-likeness (QED) is 0.178. The minimum atomic E-state index is 0.879. The molecule has 0 spiro atoms. The van der Waals surface area contributed by atoms with Crippen LogP contribution < -0.4 is 4.90 Å². The van der Waals surface area contributed by atoms with Crippen molar-refractivity contribution in [2.24, 2.45) is 0 Å². The Morgan fingerprint density at radius 3 is 1.82 bits per heavy atom. The van der Waals surface area contributed by atoms with E-state index in [9.17, 15) is 0 Å². The number of anilines is 3. The van der Waals surface area contributed by atoms with E-state index >= 15 is 0 Å². The Balaban J connectivity index is 1.34. The van der Waals surface area contributed by atoms with E-state index in [0.717, 1.165) is 61.6 Å². The predicted octanol–water partition coefficient (Wildman–Crippen LogP) is 14.2. The van der Waals surface area contributed by atoms with Crippen LogP contribution in [0.25, 0.3) is 71.3 Å². The van der Waals surface area contributed by atoms with Crippen LogP contribution in [0.1, 0.15) is 5.56 Å². The van der Waals surface area contributed by atoms with Gasteiger partial charge in [-0.1, -0.05) is 158 Å². The normalized spacial score (nSPS) is 11.4. The van der Waals surface area contributed by atoms with Crippen molar-refractivity contribution in [3.05, 3.63) is 212 Å². The highest BCUT2D eigenvalue weighted by Gasteiger charge is 2.20. The number of nitrogens with zero attached hydrogens (tertiary/aromatic N) is 3. The third kappa shape index (κ3) is 5.83. The van der Waals surface area contributed by atoms with E-state index in [1.54, 1.807) is 0 Å². The van der Waals surface area contributed by atoms with Gasteiger partial charge in [0.1, 0.15) is 5.65 Å². The van der Waals surface area contributed by atoms with Crippen LogP contribution in [0.2, 0.25) is 0 Å². The molecule has 0 N–H and O–H groups in total. The number of aromatic nitrogens is 2. The monoisotopic (exact) mass is 703 g/mol.